The molecule has 0 spiro atoms. The Morgan fingerprint density at radius 1 is 1.15 bits per heavy atom. The third-order valence-electron chi connectivity index (χ3n) is 4.75. The second-order valence-electron chi connectivity index (χ2n) is 6.75. The molecule has 5 heteroatoms. The van der Waals surface area contributed by atoms with Gasteiger partial charge in [-0.15, -0.1) is 0 Å². The Hall–Kier alpha value is -3.08. The highest BCUT2D eigenvalue weighted by Crippen LogP contribution is 2.31. The van der Waals surface area contributed by atoms with Crippen LogP contribution in [-0.4, -0.2) is 28.9 Å². The first-order valence-corrected chi connectivity index (χ1v) is 9.16. The van der Waals surface area contributed by atoms with E-state index in [-0.39, 0.29) is 12.3 Å². The SMILES string of the molecule is COc1ccccc1CN(C(=O)Cc1coc(-c2ccccc2)n1)C1CC1. The maximum Gasteiger partial charge on any atom is 0.229 e. The molecule has 0 radical (unpaired) electrons. The van der Waals surface area contributed by atoms with Crippen molar-refractivity contribution >= 4 is 5.91 Å². The quantitative estimate of drug-likeness (QED) is 0.635. The van der Waals surface area contributed by atoms with Crippen LogP contribution < -0.4 is 4.74 Å². The number of methoxy groups -OCH3 is 1. The molecule has 0 saturated heterocycles. The molecular weight excluding hydrogens is 340 g/mol. The topological polar surface area (TPSA) is 55.6 Å². The number of ether oxygens (including phenoxy) is 1. The average molecular weight is 362 g/mol. The molecule has 1 aliphatic carbocycles. The van der Waals surface area contributed by atoms with E-state index in [1.807, 2.05) is 59.5 Å². The minimum atomic E-state index is 0.0660. The second-order valence-corrected chi connectivity index (χ2v) is 6.75. The van der Waals surface area contributed by atoms with Gasteiger partial charge in [0.05, 0.1) is 19.2 Å². The predicted octanol–water partition coefficient (Wildman–Crippen LogP) is 4.08. The highest BCUT2D eigenvalue weighted by atomic mass is 16.5. The van der Waals surface area contributed by atoms with E-state index in [0.717, 1.165) is 29.7 Å². The molecule has 0 atom stereocenters. The molecule has 1 aliphatic rings. The highest BCUT2D eigenvalue weighted by Gasteiger charge is 2.33. The van der Waals surface area contributed by atoms with Gasteiger partial charge in [0.2, 0.25) is 11.8 Å². The lowest BCUT2D eigenvalue weighted by molar-refractivity contribution is -0.131. The molecule has 2 aromatic carbocycles. The zero-order chi connectivity index (χ0) is 18.6. The Morgan fingerprint density at radius 3 is 2.63 bits per heavy atom. The maximum absolute atomic E-state index is 12.9. The van der Waals surface area contributed by atoms with Crippen molar-refractivity contribution in [2.75, 3.05) is 7.11 Å². The molecule has 138 valence electrons. The maximum atomic E-state index is 12.9. The summed E-state index contributed by atoms with van der Waals surface area (Å²) in [6.07, 6.45) is 3.92. The van der Waals surface area contributed by atoms with Gasteiger partial charge in [-0.1, -0.05) is 36.4 Å². The van der Waals surface area contributed by atoms with E-state index in [1.165, 1.54) is 0 Å². The summed E-state index contributed by atoms with van der Waals surface area (Å²) in [4.78, 5) is 19.4. The molecule has 0 bridgehead atoms. The fourth-order valence-corrected chi connectivity index (χ4v) is 3.18. The monoisotopic (exact) mass is 362 g/mol. The minimum absolute atomic E-state index is 0.0660. The van der Waals surface area contributed by atoms with Crippen molar-refractivity contribution in [3.8, 4) is 17.2 Å². The smallest absolute Gasteiger partial charge is 0.229 e. The van der Waals surface area contributed by atoms with Crippen LogP contribution in [-0.2, 0) is 17.8 Å². The number of nitrogens with zero attached hydrogens (tertiary/aromatic N) is 2. The third kappa shape index (κ3) is 4.03. The lowest BCUT2D eigenvalue weighted by Crippen LogP contribution is -2.34. The van der Waals surface area contributed by atoms with Crippen molar-refractivity contribution in [2.24, 2.45) is 0 Å². The van der Waals surface area contributed by atoms with E-state index in [1.54, 1.807) is 13.4 Å². The van der Waals surface area contributed by atoms with Crippen LogP contribution in [0.3, 0.4) is 0 Å². The van der Waals surface area contributed by atoms with Crippen molar-refractivity contribution < 1.29 is 13.9 Å². The van der Waals surface area contributed by atoms with E-state index < -0.39 is 0 Å². The standard InChI is InChI=1S/C22H22N2O3/c1-26-20-10-6-5-9-17(20)14-24(19-11-12-19)21(25)13-18-15-27-22(23-18)16-7-3-2-4-8-16/h2-10,15,19H,11-14H2,1H3. The molecular formula is C22H22N2O3. The summed E-state index contributed by atoms with van der Waals surface area (Å²) in [6.45, 7) is 0.552. The Labute approximate surface area is 158 Å². The van der Waals surface area contributed by atoms with Crippen molar-refractivity contribution in [1.82, 2.24) is 9.88 Å². The van der Waals surface area contributed by atoms with Gasteiger partial charge in [-0.25, -0.2) is 4.98 Å². The number of para-hydroxylation sites is 1. The summed E-state index contributed by atoms with van der Waals surface area (Å²) in [5.74, 6) is 1.42. The molecule has 0 unspecified atom stereocenters. The van der Waals surface area contributed by atoms with Gasteiger partial charge >= 0.3 is 0 Å². The fourth-order valence-electron chi connectivity index (χ4n) is 3.18. The lowest BCUT2D eigenvalue weighted by atomic mass is 10.1. The minimum Gasteiger partial charge on any atom is -0.496 e. The zero-order valence-electron chi connectivity index (χ0n) is 15.3. The number of hydrogen-bond acceptors (Lipinski definition) is 4. The van der Waals surface area contributed by atoms with Gasteiger partial charge in [-0.2, -0.15) is 0 Å². The summed E-state index contributed by atoms with van der Waals surface area (Å²) in [5.41, 5.74) is 2.58. The zero-order valence-corrected chi connectivity index (χ0v) is 15.3. The van der Waals surface area contributed by atoms with Crippen LogP contribution in [0.25, 0.3) is 11.5 Å². The van der Waals surface area contributed by atoms with E-state index in [4.69, 9.17) is 9.15 Å². The van der Waals surface area contributed by atoms with Crippen molar-refractivity contribution in [2.45, 2.75) is 31.8 Å². The normalized spacial score (nSPS) is 13.4. The van der Waals surface area contributed by atoms with Gasteiger partial charge in [0.15, 0.2) is 0 Å². The Bertz CT molecular complexity index is 916. The summed E-state index contributed by atoms with van der Waals surface area (Å²) in [6, 6.07) is 17.8. The summed E-state index contributed by atoms with van der Waals surface area (Å²) >= 11 is 0. The van der Waals surface area contributed by atoms with Gasteiger partial charge in [0.25, 0.3) is 0 Å². The van der Waals surface area contributed by atoms with Gasteiger partial charge in [-0.05, 0) is 31.0 Å². The molecule has 0 N–H and O–H groups in total. The predicted molar refractivity (Wildman–Crippen MR) is 102 cm³/mol. The van der Waals surface area contributed by atoms with Gasteiger partial charge in [0.1, 0.15) is 12.0 Å². The van der Waals surface area contributed by atoms with Gasteiger partial charge in [0, 0.05) is 23.7 Å². The largest absolute Gasteiger partial charge is 0.496 e. The van der Waals surface area contributed by atoms with E-state index in [2.05, 4.69) is 4.98 Å². The summed E-state index contributed by atoms with van der Waals surface area (Å²) in [5, 5.41) is 0. The number of carbonyl (C=O) groups is 1. The Morgan fingerprint density at radius 2 is 1.89 bits per heavy atom. The number of aromatic nitrogens is 1. The van der Waals surface area contributed by atoms with Crippen LogP contribution in [0.15, 0.2) is 65.3 Å². The lowest BCUT2D eigenvalue weighted by Gasteiger charge is -2.23. The highest BCUT2D eigenvalue weighted by molar-refractivity contribution is 5.79. The van der Waals surface area contributed by atoms with E-state index >= 15 is 0 Å². The molecule has 1 aromatic heterocycles. The molecule has 1 heterocycles. The molecule has 27 heavy (non-hydrogen) atoms. The first-order valence-electron chi connectivity index (χ1n) is 9.16. The molecule has 1 amide bonds. The van der Waals surface area contributed by atoms with E-state index in [9.17, 15) is 4.79 Å². The molecule has 1 fully saturated rings. The molecule has 5 nitrogen and oxygen atoms in total. The van der Waals surface area contributed by atoms with Crippen LogP contribution in [0, 0.1) is 0 Å². The van der Waals surface area contributed by atoms with Gasteiger partial charge < -0.3 is 14.1 Å². The summed E-state index contributed by atoms with van der Waals surface area (Å²) < 4.78 is 11.0. The molecule has 3 aromatic rings. The molecule has 4 rings (SSSR count). The number of amides is 1. The van der Waals surface area contributed by atoms with Crippen LogP contribution in [0.2, 0.25) is 0 Å². The van der Waals surface area contributed by atoms with E-state index in [0.29, 0.717) is 24.2 Å². The molecule has 1 saturated carbocycles. The average Bonchev–Trinajstić information content (AvgIpc) is 3.45. The number of hydrogen-bond donors (Lipinski definition) is 0. The first kappa shape index (κ1) is 17.3. The number of rotatable bonds is 7. The van der Waals surface area contributed by atoms with Gasteiger partial charge in [-0.3, -0.25) is 4.79 Å². The Balaban J connectivity index is 1.48. The number of carbonyl (C=O) groups excluding carboxylic acids is 1. The van der Waals surface area contributed by atoms with Crippen molar-refractivity contribution in [3.05, 3.63) is 72.1 Å². The number of benzene rings is 2. The molecule has 0 aliphatic heterocycles. The number of oxazole rings is 1. The van der Waals surface area contributed by atoms with Crippen molar-refractivity contribution in [1.29, 1.82) is 0 Å². The second kappa shape index (κ2) is 7.66. The Kier molecular flexibility index (Phi) is 4.92. The third-order valence-corrected chi connectivity index (χ3v) is 4.75. The first-order chi connectivity index (χ1) is 13.2. The van der Waals surface area contributed by atoms with Crippen LogP contribution in [0.4, 0.5) is 0 Å². The van der Waals surface area contributed by atoms with Crippen LogP contribution in [0.1, 0.15) is 24.1 Å². The fraction of sp³-hybridized carbons (Fsp3) is 0.273. The van der Waals surface area contributed by atoms with Crippen molar-refractivity contribution in [3.63, 3.8) is 0 Å². The van der Waals surface area contributed by atoms with Crippen LogP contribution in [0.5, 0.6) is 5.75 Å². The summed E-state index contributed by atoms with van der Waals surface area (Å²) in [7, 11) is 1.66. The van der Waals surface area contributed by atoms with Crippen LogP contribution >= 0.6 is 0 Å².